The number of rotatable bonds is 1. The average Bonchev–Trinajstić information content (AvgIpc) is 2.83. The van der Waals surface area contributed by atoms with E-state index >= 15 is 0 Å². The molecule has 1 aromatic carbocycles. The van der Waals surface area contributed by atoms with Crippen molar-refractivity contribution in [3.8, 4) is 0 Å². The van der Waals surface area contributed by atoms with Crippen molar-refractivity contribution >= 4 is 22.8 Å². The van der Waals surface area contributed by atoms with Crippen LogP contribution >= 0.6 is 11.8 Å². The summed E-state index contributed by atoms with van der Waals surface area (Å²) in [6.45, 7) is 0. The zero-order valence-corrected chi connectivity index (χ0v) is 9.39. The van der Waals surface area contributed by atoms with Gasteiger partial charge in [0.05, 0.1) is 16.4 Å². The lowest BCUT2D eigenvalue weighted by Crippen LogP contribution is -2.18. The van der Waals surface area contributed by atoms with Gasteiger partial charge < -0.3 is 4.98 Å². The van der Waals surface area contributed by atoms with Crippen LogP contribution in [0.2, 0.25) is 0 Å². The van der Waals surface area contributed by atoms with Crippen LogP contribution in [-0.4, -0.2) is 15.3 Å². The maximum absolute atomic E-state index is 13.0. The van der Waals surface area contributed by atoms with Gasteiger partial charge >= 0.3 is 5.69 Å². The van der Waals surface area contributed by atoms with Gasteiger partial charge in [0.15, 0.2) is 0 Å². The number of aromatic amines is 1. The quantitative estimate of drug-likeness (QED) is 0.828. The molecule has 0 bridgehead atoms. The SMILES string of the molecule is O=c1[nH]c2cc(F)ccc2n1C1CCCS1. The van der Waals surface area contributed by atoms with E-state index in [1.165, 1.54) is 12.1 Å². The summed E-state index contributed by atoms with van der Waals surface area (Å²) in [7, 11) is 0. The summed E-state index contributed by atoms with van der Waals surface area (Å²) in [6.07, 6.45) is 2.14. The molecule has 0 saturated carbocycles. The van der Waals surface area contributed by atoms with Gasteiger partial charge in [-0.3, -0.25) is 4.57 Å². The molecular weight excluding hydrogens is 227 g/mol. The van der Waals surface area contributed by atoms with Crippen molar-refractivity contribution in [1.82, 2.24) is 9.55 Å². The van der Waals surface area contributed by atoms with Crippen molar-refractivity contribution in [1.29, 1.82) is 0 Å². The van der Waals surface area contributed by atoms with Gasteiger partial charge in [-0.2, -0.15) is 0 Å². The largest absolute Gasteiger partial charge is 0.327 e. The third-order valence-corrected chi connectivity index (χ3v) is 4.23. The van der Waals surface area contributed by atoms with Gasteiger partial charge in [-0.15, -0.1) is 11.8 Å². The molecule has 1 N–H and O–H groups in total. The van der Waals surface area contributed by atoms with Gasteiger partial charge in [0, 0.05) is 0 Å². The molecule has 1 atom stereocenters. The van der Waals surface area contributed by atoms with E-state index in [1.54, 1.807) is 22.4 Å². The lowest BCUT2D eigenvalue weighted by atomic mass is 10.3. The van der Waals surface area contributed by atoms with E-state index in [2.05, 4.69) is 4.98 Å². The second-order valence-corrected chi connectivity index (χ2v) is 5.22. The summed E-state index contributed by atoms with van der Waals surface area (Å²) >= 11 is 1.78. The molecule has 3 rings (SSSR count). The Bertz CT molecular complexity index is 583. The Morgan fingerprint density at radius 3 is 3.12 bits per heavy atom. The number of thioether (sulfide) groups is 1. The molecule has 0 spiro atoms. The molecule has 84 valence electrons. The molecule has 1 aliphatic heterocycles. The zero-order chi connectivity index (χ0) is 11.1. The van der Waals surface area contributed by atoms with E-state index in [9.17, 15) is 9.18 Å². The Morgan fingerprint density at radius 1 is 1.50 bits per heavy atom. The third-order valence-electron chi connectivity index (χ3n) is 2.87. The first-order valence-corrected chi connectivity index (χ1v) is 6.32. The first kappa shape index (κ1) is 9.96. The molecule has 1 aromatic heterocycles. The smallest absolute Gasteiger partial charge is 0.305 e. The van der Waals surface area contributed by atoms with Crippen LogP contribution in [0.4, 0.5) is 4.39 Å². The summed E-state index contributed by atoms with van der Waals surface area (Å²) < 4.78 is 14.8. The number of imidazole rings is 1. The predicted molar refractivity (Wildman–Crippen MR) is 63.2 cm³/mol. The number of halogens is 1. The van der Waals surface area contributed by atoms with E-state index in [0.717, 1.165) is 24.1 Å². The topological polar surface area (TPSA) is 37.8 Å². The minimum absolute atomic E-state index is 0.139. The highest BCUT2D eigenvalue weighted by molar-refractivity contribution is 7.99. The zero-order valence-electron chi connectivity index (χ0n) is 8.57. The van der Waals surface area contributed by atoms with Crippen molar-refractivity contribution < 1.29 is 4.39 Å². The van der Waals surface area contributed by atoms with Crippen LogP contribution in [0.1, 0.15) is 18.2 Å². The minimum atomic E-state index is -0.319. The molecule has 0 aliphatic carbocycles. The molecule has 1 aliphatic rings. The number of nitrogens with zero attached hydrogens (tertiary/aromatic N) is 1. The summed E-state index contributed by atoms with van der Waals surface area (Å²) in [4.78, 5) is 14.5. The van der Waals surface area contributed by atoms with Crippen molar-refractivity contribution in [2.24, 2.45) is 0 Å². The maximum Gasteiger partial charge on any atom is 0.327 e. The second-order valence-electron chi connectivity index (χ2n) is 3.93. The molecule has 1 saturated heterocycles. The molecule has 0 radical (unpaired) electrons. The second kappa shape index (κ2) is 3.66. The fourth-order valence-electron chi connectivity index (χ4n) is 2.15. The Morgan fingerprint density at radius 2 is 2.38 bits per heavy atom. The van der Waals surface area contributed by atoms with E-state index in [-0.39, 0.29) is 16.9 Å². The van der Waals surface area contributed by atoms with Gasteiger partial charge in [-0.1, -0.05) is 0 Å². The fourth-order valence-corrected chi connectivity index (χ4v) is 3.45. The monoisotopic (exact) mass is 238 g/mol. The van der Waals surface area contributed by atoms with Gasteiger partial charge in [-0.25, -0.2) is 9.18 Å². The van der Waals surface area contributed by atoms with Crippen LogP contribution in [-0.2, 0) is 0 Å². The minimum Gasteiger partial charge on any atom is -0.305 e. The van der Waals surface area contributed by atoms with Crippen molar-refractivity contribution in [3.63, 3.8) is 0 Å². The van der Waals surface area contributed by atoms with E-state index < -0.39 is 0 Å². The standard InChI is InChI=1S/C11H11FN2OS/c12-7-3-4-9-8(6-7)13-11(15)14(9)10-2-1-5-16-10/h3-4,6,10H,1-2,5H2,(H,13,15). The van der Waals surface area contributed by atoms with Gasteiger partial charge in [0.25, 0.3) is 0 Å². The molecule has 5 heteroatoms. The highest BCUT2D eigenvalue weighted by atomic mass is 32.2. The van der Waals surface area contributed by atoms with Crippen molar-refractivity contribution in [2.75, 3.05) is 5.75 Å². The Hall–Kier alpha value is -1.23. The van der Waals surface area contributed by atoms with E-state index in [4.69, 9.17) is 0 Å². The Balaban J connectivity index is 2.23. The summed E-state index contributed by atoms with van der Waals surface area (Å²) in [5, 5.41) is 0.201. The van der Waals surface area contributed by atoms with E-state index in [1.807, 2.05) is 0 Å². The maximum atomic E-state index is 13.0. The summed E-state index contributed by atoms with van der Waals surface area (Å²) in [5.74, 6) is 0.769. The van der Waals surface area contributed by atoms with Crippen molar-refractivity contribution in [2.45, 2.75) is 18.2 Å². The average molecular weight is 238 g/mol. The molecule has 16 heavy (non-hydrogen) atoms. The molecular formula is C11H11FN2OS. The highest BCUT2D eigenvalue weighted by Gasteiger charge is 2.21. The predicted octanol–water partition coefficient (Wildman–Crippen LogP) is 2.49. The highest BCUT2D eigenvalue weighted by Crippen LogP contribution is 2.36. The summed E-state index contributed by atoms with van der Waals surface area (Å²) in [5.41, 5.74) is 1.24. The Labute approximate surface area is 95.7 Å². The first-order chi connectivity index (χ1) is 7.75. The van der Waals surface area contributed by atoms with Crippen LogP contribution in [0.3, 0.4) is 0 Å². The van der Waals surface area contributed by atoms with E-state index in [0.29, 0.717) is 5.52 Å². The molecule has 1 fully saturated rings. The molecule has 1 unspecified atom stereocenters. The van der Waals surface area contributed by atoms with Crippen LogP contribution in [0.5, 0.6) is 0 Å². The van der Waals surface area contributed by atoms with Gasteiger partial charge in [0.1, 0.15) is 5.82 Å². The summed E-state index contributed by atoms with van der Waals surface area (Å²) in [6, 6.07) is 4.43. The lowest BCUT2D eigenvalue weighted by molar-refractivity contribution is 0.628. The number of aromatic nitrogens is 2. The van der Waals surface area contributed by atoms with Gasteiger partial charge in [-0.05, 0) is 36.8 Å². The number of fused-ring (bicyclic) bond motifs is 1. The third kappa shape index (κ3) is 1.46. The molecule has 3 nitrogen and oxygen atoms in total. The number of nitrogens with one attached hydrogen (secondary N) is 1. The van der Waals surface area contributed by atoms with Crippen LogP contribution in [0.25, 0.3) is 11.0 Å². The van der Waals surface area contributed by atoms with Crippen LogP contribution < -0.4 is 5.69 Å². The molecule has 2 aromatic rings. The number of hydrogen-bond acceptors (Lipinski definition) is 2. The first-order valence-electron chi connectivity index (χ1n) is 5.27. The number of H-pyrrole nitrogens is 1. The molecule has 2 heterocycles. The molecule has 0 amide bonds. The fraction of sp³-hybridized carbons (Fsp3) is 0.364. The lowest BCUT2D eigenvalue weighted by Gasteiger charge is -2.10. The van der Waals surface area contributed by atoms with Crippen LogP contribution in [0.15, 0.2) is 23.0 Å². The van der Waals surface area contributed by atoms with Gasteiger partial charge in [0.2, 0.25) is 0 Å². The van der Waals surface area contributed by atoms with Crippen LogP contribution in [0, 0.1) is 5.82 Å². The van der Waals surface area contributed by atoms with Crippen molar-refractivity contribution in [3.05, 3.63) is 34.5 Å². The Kier molecular flexibility index (Phi) is 2.28. The number of benzene rings is 1. The normalized spacial score (nSPS) is 20.7. The number of hydrogen-bond donors (Lipinski definition) is 1.